The van der Waals surface area contributed by atoms with E-state index < -0.39 is 0 Å². The molecule has 0 aromatic heterocycles. The van der Waals surface area contributed by atoms with E-state index in [4.69, 9.17) is 11.0 Å². The van der Waals surface area contributed by atoms with Gasteiger partial charge in [0, 0.05) is 5.75 Å². The molecule has 2 aromatic carbocycles. The molecule has 2 aromatic rings. The van der Waals surface area contributed by atoms with Crippen LogP contribution in [0.15, 0.2) is 59.6 Å². The molecular formula is C16H15N3S. The van der Waals surface area contributed by atoms with E-state index in [1.165, 1.54) is 11.8 Å². The highest BCUT2D eigenvalue weighted by Gasteiger charge is 1.98. The predicted molar refractivity (Wildman–Crippen MR) is 84.2 cm³/mol. The summed E-state index contributed by atoms with van der Waals surface area (Å²) in [7, 11) is 0. The van der Waals surface area contributed by atoms with Crippen molar-refractivity contribution in [3.05, 3.63) is 71.3 Å². The van der Waals surface area contributed by atoms with Crippen LogP contribution in [0.25, 0.3) is 0 Å². The Balaban J connectivity index is 1.85. The quantitative estimate of drug-likeness (QED) is 0.691. The predicted octanol–water partition coefficient (Wildman–Crippen LogP) is 3.31. The Morgan fingerprint density at radius 3 is 2.40 bits per heavy atom. The number of nitrogens with two attached hydrogens (primary N) is 1. The Bertz CT molecular complexity index is 612. The number of hydrogen-bond acceptors (Lipinski definition) is 3. The van der Waals surface area contributed by atoms with E-state index in [2.05, 4.69) is 11.1 Å². The topological polar surface area (TPSA) is 62.2 Å². The number of hydrogen-bond donors (Lipinski definition) is 1. The van der Waals surface area contributed by atoms with Crippen LogP contribution in [-0.4, -0.2) is 5.17 Å². The second-order valence-corrected chi connectivity index (χ2v) is 5.23. The monoisotopic (exact) mass is 281 g/mol. The zero-order valence-electron chi connectivity index (χ0n) is 11.0. The Kier molecular flexibility index (Phi) is 5.22. The molecule has 0 amide bonds. The Morgan fingerprint density at radius 2 is 1.75 bits per heavy atom. The van der Waals surface area contributed by atoms with Crippen molar-refractivity contribution in [2.45, 2.75) is 12.3 Å². The van der Waals surface area contributed by atoms with Crippen LogP contribution in [0, 0.1) is 11.3 Å². The zero-order chi connectivity index (χ0) is 14.2. The van der Waals surface area contributed by atoms with Gasteiger partial charge in [-0.2, -0.15) is 5.26 Å². The molecule has 2 rings (SSSR count). The lowest BCUT2D eigenvalue weighted by molar-refractivity contribution is 1.07. The van der Waals surface area contributed by atoms with E-state index in [0.717, 1.165) is 16.9 Å². The van der Waals surface area contributed by atoms with Crippen LogP contribution in [0.2, 0.25) is 0 Å². The summed E-state index contributed by atoms with van der Waals surface area (Å²) in [6.07, 6.45) is 0. The minimum absolute atomic E-state index is 0.582. The highest BCUT2D eigenvalue weighted by molar-refractivity contribution is 8.13. The number of nitriles is 1. The van der Waals surface area contributed by atoms with Crippen molar-refractivity contribution in [3.8, 4) is 6.07 Å². The van der Waals surface area contributed by atoms with Gasteiger partial charge in [0.05, 0.1) is 18.2 Å². The van der Waals surface area contributed by atoms with Crippen molar-refractivity contribution in [2.24, 2.45) is 10.7 Å². The van der Waals surface area contributed by atoms with Crippen LogP contribution in [0.4, 0.5) is 0 Å². The first-order chi connectivity index (χ1) is 9.78. The van der Waals surface area contributed by atoms with Gasteiger partial charge in [-0.1, -0.05) is 54.2 Å². The summed E-state index contributed by atoms with van der Waals surface area (Å²) in [4.78, 5) is 4.35. The summed E-state index contributed by atoms with van der Waals surface area (Å²) in [5.74, 6) is 0.760. The van der Waals surface area contributed by atoms with Crippen LogP contribution < -0.4 is 5.73 Å². The van der Waals surface area contributed by atoms with E-state index in [1.807, 2.05) is 54.6 Å². The largest absolute Gasteiger partial charge is 0.379 e. The molecule has 0 bridgehead atoms. The normalized spacial score (nSPS) is 11.1. The number of rotatable bonds is 4. The van der Waals surface area contributed by atoms with E-state index >= 15 is 0 Å². The molecule has 0 radical (unpaired) electrons. The summed E-state index contributed by atoms with van der Waals surface area (Å²) >= 11 is 1.51. The molecule has 3 nitrogen and oxygen atoms in total. The van der Waals surface area contributed by atoms with Crippen LogP contribution in [-0.2, 0) is 12.3 Å². The maximum absolute atomic E-state index is 8.73. The van der Waals surface area contributed by atoms with Crippen LogP contribution >= 0.6 is 11.8 Å². The molecule has 0 heterocycles. The fourth-order valence-corrected chi connectivity index (χ4v) is 2.29. The smallest absolute Gasteiger partial charge is 0.154 e. The molecular weight excluding hydrogens is 266 g/mol. The molecule has 0 atom stereocenters. The van der Waals surface area contributed by atoms with E-state index in [0.29, 0.717) is 17.3 Å². The third-order valence-electron chi connectivity index (χ3n) is 2.73. The van der Waals surface area contributed by atoms with Gasteiger partial charge in [0.15, 0.2) is 5.17 Å². The summed E-state index contributed by atoms with van der Waals surface area (Å²) in [5.41, 5.74) is 8.84. The van der Waals surface area contributed by atoms with Gasteiger partial charge in [0.25, 0.3) is 0 Å². The molecule has 100 valence electrons. The number of aliphatic imine (C=N–C) groups is 1. The van der Waals surface area contributed by atoms with Gasteiger partial charge >= 0.3 is 0 Å². The van der Waals surface area contributed by atoms with Crippen LogP contribution in [0.1, 0.15) is 16.7 Å². The average Bonchev–Trinajstić information content (AvgIpc) is 2.52. The van der Waals surface area contributed by atoms with Crippen molar-refractivity contribution in [1.29, 1.82) is 5.26 Å². The van der Waals surface area contributed by atoms with Gasteiger partial charge in [0.1, 0.15) is 0 Å². The highest BCUT2D eigenvalue weighted by atomic mass is 32.2. The van der Waals surface area contributed by atoms with Gasteiger partial charge < -0.3 is 5.73 Å². The second-order valence-electron chi connectivity index (χ2n) is 4.24. The maximum Gasteiger partial charge on any atom is 0.154 e. The molecule has 0 saturated heterocycles. The van der Waals surface area contributed by atoms with E-state index in [-0.39, 0.29) is 0 Å². The molecule has 0 saturated carbocycles. The lowest BCUT2D eigenvalue weighted by Gasteiger charge is -2.02. The first-order valence-electron chi connectivity index (χ1n) is 6.23. The summed E-state index contributed by atoms with van der Waals surface area (Å²) < 4.78 is 0. The highest BCUT2D eigenvalue weighted by Crippen LogP contribution is 2.13. The first-order valence-corrected chi connectivity index (χ1v) is 7.22. The van der Waals surface area contributed by atoms with Crippen molar-refractivity contribution in [2.75, 3.05) is 0 Å². The van der Waals surface area contributed by atoms with Gasteiger partial charge in [-0.3, -0.25) is 4.99 Å². The Hall–Kier alpha value is -2.25. The summed E-state index contributed by atoms with van der Waals surface area (Å²) in [6.45, 7) is 0.604. The van der Waals surface area contributed by atoms with Gasteiger partial charge in [-0.25, -0.2) is 0 Å². The second kappa shape index (κ2) is 7.37. The van der Waals surface area contributed by atoms with Crippen molar-refractivity contribution in [1.82, 2.24) is 0 Å². The number of nitrogens with zero attached hydrogens (tertiary/aromatic N) is 2. The third kappa shape index (κ3) is 4.45. The molecule has 0 aliphatic rings. The fourth-order valence-electron chi connectivity index (χ4n) is 1.63. The Morgan fingerprint density at radius 1 is 1.05 bits per heavy atom. The van der Waals surface area contributed by atoms with Crippen molar-refractivity contribution < 1.29 is 0 Å². The summed E-state index contributed by atoms with van der Waals surface area (Å²) in [6, 6.07) is 19.6. The average molecular weight is 281 g/mol. The molecule has 0 aliphatic heterocycles. The summed E-state index contributed by atoms with van der Waals surface area (Å²) in [5, 5.41) is 9.31. The first kappa shape index (κ1) is 14.2. The molecule has 0 spiro atoms. The van der Waals surface area contributed by atoms with E-state index in [1.54, 1.807) is 0 Å². The lowest BCUT2D eigenvalue weighted by atomic mass is 10.2. The molecule has 20 heavy (non-hydrogen) atoms. The minimum Gasteiger partial charge on any atom is -0.379 e. The molecule has 0 aliphatic carbocycles. The SMILES string of the molecule is N#Cc1ccc(CSC(N)=NCc2ccccc2)cc1. The maximum atomic E-state index is 8.73. The molecule has 0 fully saturated rings. The lowest BCUT2D eigenvalue weighted by Crippen LogP contribution is -2.07. The standard InChI is InChI=1S/C16H15N3S/c17-10-13-6-8-15(9-7-13)12-20-16(18)19-11-14-4-2-1-3-5-14/h1-9H,11-12H2,(H2,18,19). The van der Waals surface area contributed by atoms with Crippen LogP contribution in [0.3, 0.4) is 0 Å². The number of amidine groups is 1. The zero-order valence-corrected chi connectivity index (χ0v) is 11.8. The van der Waals surface area contributed by atoms with Crippen LogP contribution in [0.5, 0.6) is 0 Å². The van der Waals surface area contributed by atoms with Gasteiger partial charge in [-0.05, 0) is 23.3 Å². The number of benzene rings is 2. The van der Waals surface area contributed by atoms with Gasteiger partial charge in [0.2, 0.25) is 0 Å². The van der Waals surface area contributed by atoms with Crippen molar-refractivity contribution in [3.63, 3.8) is 0 Å². The molecule has 2 N–H and O–H groups in total. The minimum atomic E-state index is 0.582. The fraction of sp³-hybridized carbons (Fsp3) is 0.125. The van der Waals surface area contributed by atoms with E-state index in [9.17, 15) is 0 Å². The molecule has 0 unspecified atom stereocenters. The molecule has 4 heteroatoms. The third-order valence-corrected chi connectivity index (χ3v) is 3.63. The Labute approximate surface area is 123 Å². The number of thioether (sulfide) groups is 1. The van der Waals surface area contributed by atoms with Gasteiger partial charge in [-0.15, -0.1) is 0 Å². The van der Waals surface area contributed by atoms with Crippen molar-refractivity contribution >= 4 is 16.9 Å².